The number of nitrogen functional groups attached to an aromatic ring is 1. The average molecular weight is 445 g/mol. The molecule has 0 aliphatic carbocycles. The molecule has 1 saturated heterocycles. The molecule has 1 atom stereocenters. The first-order chi connectivity index (χ1) is 14.9. The largest absolute Gasteiger partial charge is 0.397 e. The van der Waals surface area contributed by atoms with Crippen LogP contribution in [-0.4, -0.2) is 30.5 Å². The Bertz CT molecular complexity index is 1130. The van der Waals surface area contributed by atoms with Gasteiger partial charge in [0, 0.05) is 36.8 Å². The average Bonchev–Trinajstić information content (AvgIpc) is 3.34. The molecule has 1 amide bonds. The molecular weight excluding hydrogens is 418 g/mol. The minimum Gasteiger partial charge on any atom is -0.397 e. The summed E-state index contributed by atoms with van der Waals surface area (Å²) in [6.07, 6.45) is 2.23. The van der Waals surface area contributed by atoms with Crippen molar-refractivity contribution in [3.05, 3.63) is 52.0 Å². The second kappa shape index (κ2) is 8.78. The number of hydrogen-bond donors (Lipinski definition) is 2. The molecule has 164 valence electrons. The van der Waals surface area contributed by atoms with Crippen molar-refractivity contribution in [2.24, 2.45) is 5.92 Å². The minimum atomic E-state index is -0.452. The number of pyridine rings is 1. The van der Waals surface area contributed by atoms with Gasteiger partial charge in [-0.15, -0.1) is 11.3 Å². The maximum atomic E-state index is 14.7. The standard InChI is InChI=1S/C23H26F2N4OS/c1-3-14-7-9-29(12-14)19-11-17(24)15(10-18(19)25)6-8-27-22(30)21-20(26)16-5-4-13(2)28-23(16)31-21/h4-5,10-11,14H,3,6-9,12,26H2,1-2H3,(H,27,30)/t14-/m1/s1. The molecule has 1 aliphatic rings. The number of nitrogens with one attached hydrogen (secondary N) is 1. The van der Waals surface area contributed by atoms with Gasteiger partial charge >= 0.3 is 0 Å². The van der Waals surface area contributed by atoms with Crippen LogP contribution in [0.2, 0.25) is 0 Å². The van der Waals surface area contributed by atoms with Crippen molar-refractivity contribution in [3.63, 3.8) is 0 Å². The van der Waals surface area contributed by atoms with Crippen molar-refractivity contribution in [1.29, 1.82) is 0 Å². The highest BCUT2D eigenvalue weighted by molar-refractivity contribution is 7.21. The molecule has 1 aromatic carbocycles. The fourth-order valence-corrected chi connectivity index (χ4v) is 5.10. The highest BCUT2D eigenvalue weighted by Crippen LogP contribution is 2.32. The Morgan fingerprint density at radius 3 is 2.87 bits per heavy atom. The van der Waals surface area contributed by atoms with Crippen molar-refractivity contribution < 1.29 is 13.6 Å². The first-order valence-corrected chi connectivity index (χ1v) is 11.4. The van der Waals surface area contributed by atoms with Crippen molar-refractivity contribution in [2.45, 2.75) is 33.1 Å². The maximum Gasteiger partial charge on any atom is 0.263 e. The van der Waals surface area contributed by atoms with Crippen LogP contribution < -0.4 is 16.0 Å². The van der Waals surface area contributed by atoms with E-state index >= 15 is 0 Å². The summed E-state index contributed by atoms with van der Waals surface area (Å²) in [4.78, 5) is 20.0. The Balaban J connectivity index is 1.41. The number of carbonyl (C=O) groups is 1. The Hall–Kier alpha value is -2.74. The first-order valence-electron chi connectivity index (χ1n) is 10.5. The normalized spacial score (nSPS) is 16.3. The highest BCUT2D eigenvalue weighted by Gasteiger charge is 2.24. The molecule has 1 aliphatic heterocycles. The third-order valence-corrected chi connectivity index (χ3v) is 7.05. The molecule has 5 nitrogen and oxygen atoms in total. The molecule has 0 saturated carbocycles. The number of carbonyl (C=O) groups excluding carboxylic acids is 1. The predicted octanol–water partition coefficient (Wildman–Crippen LogP) is 4.67. The summed E-state index contributed by atoms with van der Waals surface area (Å²) in [7, 11) is 0. The summed E-state index contributed by atoms with van der Waals surface area (Å²) in [5.74, 6) is -0.683. The van der Waals surface area contributed by atoms with Crippen LogP contribution >= 0.6 is 11.3 Å². The lowest BCUT2D eigenvalue weighted by atomic mass is 10.1. The number of aromatic nitrogens is 1. The third-order valence-electron chi connectivity index (χ3n) is 5.94. The lowest BCUT2D eigenvalue weighted by Gasteiger charge is -2.20. The molecule has 3 aromatic rings. The smallest absolute Gasteiger partial charge is 0.263 e. The fraction of sp³-hybridized carbons (Fsp3) is 0.391. The Morgan fingerprint density at radius 1 is 1.32 bits per heavy atom. The number of nitrogens with zero attached hydrogens (tertiary/aromatic N) is 2. The van der Waals surface area contributed by atoms with E-state index in [0.29, 0.717) is 27.0 Å². The number of aryl methyl sites for hydroxylation is 1. The van der Waals surface area contributed by atoms with Crippen molar-refractivity contribution >= 4 is 38.8 Å². The molecule has 3 heterocycles. The quantitative estimate of drug-likeness (QED) is 0.579. The van der Waals surface area contributed by atoms with Crippen LogP contribution in [0.5, 0.6) is 0 Å². The number of benzene rings is 1. The number of hydrogen-bond acceptors (Lipinski definition) is 5. The number of fused-ring (bicyclic) bond motifs is 1. The topological polar surface area (TPSA) is 71.2 Å². The third kappa shape index (κ3) is 4.35. The molecule has 0 spiro atoms. The van der Waals surface area contributed by atoms with Crippen LogP contribution in [0.15, 0.2) is 24.3 Å². The first kappa shape index (κ1) is 21.5. The molecule has 0 bridgehead atoms. The van der Waals surface area contributed by atoms with E-state index in [-0.39, 0.29) is 24.4 Å². The van der Waals surface area contributed by atoms with E-state index in [1.54, 1.807) is 0 Å². The summed E-state index contributed by atoms with van der Waals surface area (Å²) in [6.45, 7) is 5.67. The molecule has 0 unspecified atom stereocenters. The van der Waals surface area contributed by atoms with E-state index < -0.39 is 11.6 Å². The second-order valence-electron chi connectivity index (χ2n) is 8.06. The summed E-state index contributed by atoms with van der Waals surface area (Å²) < 4.78 is 29.3. The Labute approximate surface area is 184 Å². The molecule has 4 rings (SSSR count). The summed E-state index contributed by atoms with van der Waals surface area (Å²) in [5.41, 5.74) is 7.91. The minimum absolute atomic E-state index is 0.177. The summed E-state index contributed by atoms with van der Waals surface area (Å²) in [6, 6.07) is 6.22. The molecule has 31 heavy (non-hydrogen) atoms. The van der Waals surface area contributed by atoms with Crippen LogP contribution in [0.1, 0.15) is 40.7 Å². The highest BCUT2D eigenvalue weighted by atomic mass is 32.1. The Kier molecular flexibility index (Phi) is 6.09. The van der Waals surface area contributed by atoms with Gasteiger partial charge in [0.1, 0.15) is 21.3 Å². The van der Waals surface area contributed by atoms with Gasteiger partial charge in [-0.25, -0.2) is 13.8 Å². The van der Waals surface area contributed by atoms with Gasteiger partial charge in [-0.2, -0.15) is 0 Å². The van der Waals surface area contributed by atoms with E-state index in [9.17, 15) is 13.6 Å². The molecule has 3 N–H and O–H groups in total. The van der Waals surface area contributed by atoms with Crippen molar-refractivity contribution in [2.75, 3.05) is 30.3 Å². The lowest BCUT2D eigenvalue weighted by Crippen LogP contribution is -2.26. The van der Waals surface area contributed by atoms with E-state index in [2.05, 4.69) is 17.2 Å². The van der Waals surface area contributed by atoms with Crippen molar-refractivity contribution in [3.8, 4) is 0 Å². The van der Waals surface area contributed by atoms with Crippen LogP contribution in [0.25, 0.3) is 10.2 Å². The number of thiophene rings is 1. The van der Waals surface area contributed by atoms with E-state index in [1.165, 1.54) is 23.5 Å². The second-order valence-corrected chi connectivity index (χ2v) is 9.06. The number of rotatable bonds is 6. The number of anilines is 2. The van der Waals surface area contributed by atoms with Gasteiger partial charge in [-0.05, 0) is 49.4 Å². The number of amides is 1. The van der Waals surface area contributed by atoms with E-state index in [1.807, 2.05) is 24.0 Å². The number of nitrogens with two attached hydrogens (primary N) is 1. The Morgan fingerprint density at radius 2 is 2.13 bits per heavy atom. The van der Waals surface area contributed by atoms with Crippen LogP contribution in [0.4, 0.5) is 20.2 Å². The van der Waals surface area contributed by atoms with Gasteiger partial charge < -0.3 is 16.0 Å². The number of halogens is 2. The molecule has 8 heteroatoms. The van der Waals surface area contributed by atoms with Gasteiger partial charge in [-0.3, -0.25) is 4.79 Å². The SMILES string of the molecule is CC[C@@H]1CCN(c2cc(F)c(CCNC(=O)c3sc4nc(C)ccc4c3N)cc2F)C1. The molecular formula is C23H26F2N4OS. The van der Waals surface area contributed by atoms with E-state index in [0.717, 1.165) is 37.0 Å². The molecule has 1 fully saturated rings. The summed E-state index contributed by atoms with van der Waals surface area (Å²) >= 11 is 1.23. The lowest BCUT2D eigenvalue weighted by molar-refractivity contribution is 0.0959. The fourth-order valence-electron chi connectivity index (χ4n) is 4.05. The zero-order chi connectivity index (χ0) is 22.1. The molecule has 2 aromatic heterocycles. The zero-order valence-electron chi connectivity index (χ0n) is 17.7. The van der Waals surface area contributed by atoms with Gasteiger partial charge in [-0.1, -0.05) is 13.3 Å². The van der Waals surface area contributed by atoms with Gasteiger partial charge in [0.25, 0.3) is 5.91 Å². The maximum absolute atomic E-state index is 14.7. The van der Waals surface area contributed by atoms with Crippen LogP contribution in [-0.2, 0) is 6.42 Å². The zero-order valence-corrected chi connectivity index (χ0v) is 18.5. The monoisotopic (exact) mass is 444 g/mol. The van der Waals surface area contributed by atoms with Gasteiger partial charge in [0.15, 0.2) is 0 Å². The van der Waals surface area contributed by atoms with Crippen LogP contribution in [0.3, 0.4) is 0 Å². The summed E-state index contributed by atoms with van der Waals surface area (Å²) in [5, 5.41) is 3.50. The molecule has 0 radical (unpaired) electrons. The van der Waals surface area contributed by atoms with E-state index in [4.69, 9.17) is 5.73 Å². The predicted molar refractivity (Wildman–Crippen MR) is 122 cm³/mol. The van der Waals surface area contributed by atoms with Gasteiger partial charge in [0.2, 0.25) is 0 Å². The van der Waals surface area contributed by atoms with Crippen molar-refractivity contribution in [1.82, 2.24) is 10.3 Å². The van der Waals surface area contributed by atoms with Crippen LogP contribution in [0, 0.1) is 24.5 Å². The van der Waals surface area contributed by atoms with Gasteiger partial charge in [0.05, 0.1) is 11.4 Å².